The molecular formula is C15H19N3O. The Bertz CT molecular complexity index is 602. The second-order valence-electron chi connectivity index (χ2n) is 5.43. The van der Waals surface area contributed by atoms with Crippen LogP contribution in [0.2, 0.25) is 0 Å². The van der Waals surface area contributed by atoms with Crippen LogP contribution in [0.3, 0.4) is 0 Å². The van der Waals surface area contributed by atoms with Gasteiger partial charge in [-0.05, 0) is 45.4 Å². The summed E-state index contributed by atoms with van der Waals surface area (Å²) in [6.45, 7) is 5.55. The second kappa shape index (κ2) is 4.78. The highest BCUT2D eigenvalue weighted by molar-refractivity contribution is 5.74. The molecule has 0 saturated carbocycles. The van der Waals surface area contributed by atoms with Crippen molar-refractivity contribution in [2.75, 3.05) is 6.54 Å². The standard InChI is InChI=1S/C15H19N3O/c1-11(2)17-8-4-7-14(17)15-16-9-12-5-3-6-13(10-19)18(12)15/h3,5-6,9-11,14H,4,7-8H2,1-2H3. The molecule has 1 saturated heterocycles. The van der Waals surface area contributed by atoms with Crippen molar-refractivity contribution in [3.05, 3.63) is 35.9 Å². The van der Waals surface area contributed by atoms with Gasteiger partial charge in [0.15, 0.2) is 6.29 Å². The van der Waals surface area contributed by atoms with Crippen molar-refractivity contribution in [3.63, 3.8) is 0 Å². The minimum atomic E-state index is 0.323. The molecule has 0 N–H and O–H groups in total. The van der Waals surface area contributed by atoms with Crippen LogP contribution in [0, 0.1) is 0 Å². The zero-order valence-corrected chi connectivity index (χ0v) is 11.4. The lowest BCUT2D eigenvalue weighted by Gasteiger charge is -2.27. The van der Waals surface area contributed by atoms with Crippen molar-refractivity contribution in [1.82, 2.24) is 14.3 Å². The van der Waals surface area contributed by atoms with Crippen molar-refractivity contribution in [2.45, 2.75) is 38.8 Å². The molecule has 4 nitrogen and oxygen atoms in total. The predicted molar refractivity (Wildman–Crippen MR) is 74.4 cm³/mol. The quantitative estimate of drug-likeness (QED) is 0.793. The summed E-state index contributed by atoms with van der Waals surface area (Å²) < 4.78 is 2.00. The van der Waals surface area contributed by atoms with Gasteiger partial charge in [0.2, 0.25) is 0 Å². The van der Waals surface area contributed by atoms with Crippen molar-refractivity contribution < 1.29 is 4.79 Å². The number of hydrogen-bond acceptors (Lipinski definition) is 3. The normalized spacial score (nSPS) is 20.5. The molecule has 1 aliphatic rings. The van der Waals surface area contributed by atoms with Crippen molar-refractivity contribution in [2.24, 2.45) is 0 Å². The highest BCUT2D eigenvalue weighted by atomic mass is 16.1. The number of nitrogens with zero attached hydrogens (tertiary/aromatic N) is 3. The molecule has 0 aliphatic carbocycles. The SMILES string of the molecule is CC(C)N1CCCC1c1ncc2cccc(C=O)n12. The van der Waals surface area contributed by atoms with Gasteiger partial charge in [0.05, 0.1) is 23.4 Å². The van der Waals surface area contributed by atoms with E-state index in [2.05, 4.69) is 23.7 Å². The molecule has 0 radical (unpaired) electrons. The summed E-state index contributed by atoms with van der Waals surface area (Å²) in [7, 11) is 0. The first-order valence-electron chi connectivity index (χ1n) is 6.89. The second-order valence-corrected chi connectivity index (χ2v) is 5.43. The molecular weight excluding hydrogens is 238 g/mol. The molecule has 0 spiro atoms. The van der Waals surface area contributed by atoms with Crippen LogP contribution in [-0.2, 0) is 0 Å². The lowest BCUT2D eigenvalue weighted by atomic mass is 10.2. The first kappa shape index (κ1) is 12.4. The van der Waals surface area contributed by atoms with Gasteiger partial charge in [0.25, 0.3) is 0 Å². The number of imidazole rings is 1. The lowest BCUT2D eigenvalue weighted by Crippen LogP contribution is -2.31. The van der Waals surface area contributed by atoms with Crippen LogP contribution in [-0.4, -0.2) is 33.2 Å². The van der Waals surface area contributed by atoms with E-state index in [9.17, 15) is 4.79 Å². The Morgan fingerprint density at radius 1 is 1.42 bits per heavy atom. The number of rotatable bonds is 3. The molecule has 1 aliphatic heterocycles. The fourth-order valence-corrected chi connectivity index (χ4v) is 3.11. The third-order valence-corrected chi connectivity index (χ3v) is 3.98. The molecule has 0 aromatic carbocycles. The van der Waals surface area contributed by atoms with E-state index in [0.717, 1.165) is 30.6 Å². The lowest BCUT2D eigenvalue weighted by molar-refractivity contribution is 0.111. The van der Waals surface area contributed by atoms with Gasteiger partial charge in [-0.2, -0.15) is 0 Å². The molecule has 2 aromatic heterocycles. The number of pyridine rings is 1. The molecule has 4 heteroatoms. The Balaban J connectivity index is 2.12. The highest BCUT2D eigenvalue weighted by Crippen LogP contribution is 2.33. The van der Waals surface area contributed by atoms with Crippen molar-refractivity contribution >= 4 is 11.8 Å². The van der Waals surface area contributed by atoms with E-state index < -0.39 is 0 Å². The molecule has 3 heterocycles. The molecule has 0 bridgehead atoms. The Kier molecular flexibility index (Phi) is 3.11. The van der Waals surface area contributed by atoms with E-state index in [1.165, 1.54) is 6.42 Å². The zero-order valence-electron chi connectivity index (χ0n) is 11.4. The van der Waals surface area contributed by atoms with Crippen LogP contribution < -0.4 is 0 Å². The average molecular weight is 257 g/mol. The molecule has 2 aromatic rings. The van der Waals surface area contributed by atoms with Crippen molar-refractivity contribution in [3.8, 4) is 0 Å². The molecule has 1 atom stereocenters. The fourth-order valence-electron chi connectivity index (χ4n) is 3.11. The summed E-state index contributed by atoms with van der Waals surface area (Å²) in [5.41, 5.74) is 1.68. The molecule has 3 rings (SSSR count). The van der Waals surface area contributed by atoms with Gasteiger partial charge in [-0.3, -0.25) is 14.1 Å². The Morgan fingerprint density at radius 3 is 3.00 bits per heavy atom. The number of carbonyl (C=O) groups is 1. The molecule has 100 valence electrons. The third kappa shape index (κ3) is 1.96. The summed E-state index contributed by atoms with van der Waals surface area (Å²) in [4.78, 5) is 18.3. The summed E-state index contributed by atoms with van der Waals surface area (Å²) in [5.74, 6) is 1.00. The number of fused-ring (bicyclic) bond motifs is 1. The monoisotopic (exact) mass is 257 g/mol. The first-order chi connectivity index (χ1) is 9.22. The van der Waals surface area contributed by atoms with Gasteiger partial charge in [-0.25, -0.2) is 4.98 Å². The predicted octanol–water partition coefficient (Wildman–Crippen LogP) is 2.69. The van der Waals surface area contributed by atoms with E-state index in [1.807, 2.05) is 28.8 Å². The van der Waals surface area contributed by atoms with Gasteiger partial charge >= 0.3 is 0 Å². The van der Waals surface area contributed by atoms with E-state index in [1.54, 1.807) is 0 Å². The Labute approximate surface area is 113 Å². The number of aldehydes is 1. The van der Waals surface area contributed by atoms with E-state index in [-0.39, 0.29) is 0 Å². The van der Waals surface area contributed by atoms with Gasteiger partial charge in [-0.1, -0.05) is 6.07 Å². The maximum atomic E-state index is 11.2. The van der Waals surface area contributed by atoms with E-state index in [0.29, 0.717) is 17.8 Å². The maximum Gasteiger partial charge on any atom is 0.166 e. The van der Waals surface area contributed by atoms with Crippen molar-refractivity contribution in [1.29, 1.82) is 0 Å². The van der Waals surface area contributed by atoms with E-state index in [4.69, 9.17) is 0 Å². The number of hydrogen-bond donors (Lipinski definition) is 0. The smallest absolute Gasteiger partial charge is 0.166 e. The number of aromatic nitrogens is 2. The van der Waals surface area contributed by atoms with Gasteiger partial charge in [-0.15, -0.1) is 0 Å². The van der Waals surface area contributed by atoms with Crippen LogP contribution in [0.15, 0.2) is 24.4 Å². The summed E-state index contributed by atoms with van der Waals surface area (Å²) in [6, 6.07) is 6.57. The largest absolute Gasteiger partial charge is 0.296 e. The summed E-state index contributed by atoms with van der Waals surface area (Å²) in [5, 5.41) is 0. The first-order valence-corrected chi connectivity index (χ1v) is 6.89. The minimum Gasteiger partial charge on any atom is -0.296 e. The zero-order chi connectivity index (χ0) is 13.4. The number of likely N-dealkylation sites (tertiary alicyclic amines) is 1. The Hall–Kier alpha value is -1.68. The average Bonchev–Trinajstić information content (AvgIpc) is 3.03. The van der Waals surface area contributed by atoms with Crippen LogP contribution in [0.5, 0.6) is 0 Å². The molecule has 1 fully saturated rings. The number of carbonyl (C=O) groups excluding carboxylic acids is 1. The van der Waals surface area contributed by atoms with Gasteiger partial charge in [0, 0.05) is 6.04 Å². The molecule has 19 heavy (non-hydrogen) atoms. The fraction of sp³-hybridized carbons (Fsp3) is 0.467. The Morgan fingerprint density at radius 2 is 2.26 bits per heavy atom. The minimum absolute atomic E-state index is 0.323. The van der Waals surface area contributed by atoms with Crippen LogP contribution in [0.1, 0.15) is 49.0 Å². The highest BCUT2D eigenvalue weighted by Gasteiger charge is 2.31. The van der Waals surface area contributed by atoms with Gasteiger partial charge < -0.3 is 0 Å². The van der Waals surface area contributed by atoms with E-state index >= 15 is 0 Å². The van der Waals surface area contributed by atoms with Crippen LogP contribution in [0.4, 0.5) is 0 Å². The molecule has 1 unspecified atom stereocenters. The summed E-state index contributed by atoms with van der Waals surface area (Å²) >= 11 is 0. The van der Waals surface area contributed by atoms with Crippen LogP contribution >= 0.6 is 0 Å². The maximum absolute atomic E-state index is 11.2. The summed E-state index contributed by atoms with van der Waals surface area (Å²) in [6.07, 6.45) is 5.08. The molecule has 0 amide bonds. The van der Waals surface area contributed by atoms with Gasteiger partial charge in [0.1, 0.15) is 5.82 Å². The topological polar surface area (TPSA) is 37.6 Å². The third-order valence-electron chi connectivity index (χ3n) is 3.98. The van der Waals surface area contributed by atoms with Crippen LogP contribution in [0.25, 0.3) is 5.52 Å².